The van der Waals surface area contributed by atoms with Crippen LogP contribution in [-0.2, 0) is 89.6 Å². The maximum absolute atomic E-state index is 15.1. The Hall–Kier alpha value is -8.42. The number of nitrogens with zero attached hydrogens (tertiary/aromatic N) is 1. The van der Waals surface area contributed by atoms with Gasteiger partial charge in [-0.05, 0) is 74.9 Å². The highest BCUT2D eigenvalue weighted by molar-refractivity contribution is 8.77. The van der Waals surface area contributed by atoms with Crippen LogP contribution in [0.2, 0.25) is 0 Å². The quantitative estimate of drug-likeness (QED) is 0.0504. The third-order valence-electron chi connectivity index (χ3n) is 16.2. The molecule has 21 N–H and O–H groups in total. The summed E-state index contributed by atoms with van der Waals surface area (Å²) in [6, 6.07) is -12.9. The molecule has 36 nitrogen and oxygen atoms in total. The van der Waals surface area contributed by atoms with Crippen LogP contribution in [0.15, 0.2) is 48.5 Å². The van der Waals surface area contributed by atoms with Crippen LogP contribution < -0.4 is 75.3 Å². The number of carbonyl (C=O) groups is 16. The number of nitrogens with one attached hydrogen (secondary N) is 12. The van der Waals surface area contributed by atoms with Crippen LogP contribution in [0.25, 0.3) is 0 Å². The van der Waals surface area contributed by atoms with E-state index in [0.29, 0.717) is 5.56 Å². The average Bonchev–Trinajstić information content (AvgIpc) is 1.41. The maximum atomic E-state index is 15.1. The first-order valence-electron chi connectivity index (χ1n) is 31.7. The third-order valence-corrected chi connectivity index (χ3v) is 22.0. The van der Waals surface area contributed by atoms with Gasteiger partial charge in [-0.15, -0.1) is 0 Å². The molecule has 4 fully saturated rings. The lowest BCUT2D eigenvalue weighted by Crippen LogP contribution is -2.63. The Bertz CT molecular complexity index is 3460. The van der Waals surface area contributed by atoms with E-state index < -0.39 is 246 Å². The molecule has 4 aliphatic rings. The number of aliphatic carboxylic acids is 2. The molecule has 2 aromatic carbocycles. The van der Waals surface area contributed by atoms with Crippen LogP contribution in [0.5, 0.6) is 11.5 Å². The summed E-state index contributed by atoms with van der Waals surface area (Å²) < 4.78 is 0. The molecule has 6 rings (SSSR count). The minimum Gasteiger partial charge on any atom is -0.508 e. The maximum Gasteiger partial charge on any atom is 0.326 e. The summed E-state index contributed by atoms with van der Waals surface area (Å²) in [6.45, 7) is 1.04. The summed E-state index contributed by atoms with van der Waals surface area (Å²) in [6.07, 6.45) is -5.66. The molecule has 558 valence electrons. The number of aliphatic hydroxyl groups excluding tert-OH is 1. The lowest BCUT2D eigenvalue weighted by atomic mass is 10.00. The fourth-order valence-electron chi connectivity index (χ4n) is 10.6. The molecule has 4 heterocycles. The van der Waals surface area contributed by atoms with E-state index in [1.807, 2.05) is 0 Å². The molecule has 0 radical (unpaired) electrons. The first kappa shape index (κ1) is 82.5. The van der Waals surface area contributed by atoms with Crippen LogP contribution >= 0.6 is 68.4 Å². The number of carbonyl (C=O) groups excluding carboxylic acids is 14. The Morgan fingerprint density at radius 1 is 0.618 bits per heavy atom. The number of amides is 14. The van der Waals surface area contributed by atoms with Crippen molar-refractivity contribution in [3.05, 3.63) is 59.7 Å². The number of fused-ring (bicyclic) bond motifs is 19. The zero-order chi connectivity index (χ0) is 75.2. The van der Waals surface area contributed by atoms with Crippen molar-refractivity contribution in [2.24, 2.45) is 11.5 Å². The van der Waals surface area contributed by atoms with Crippen molar-refractivity contribution in [2.45, 2.75) is 160 Å². The number of hydrogen-bond donors (Lipinski definition) is 21. The second-order valence-corrected chi connectivity index (χ2v) is 30.6. The van der Waals surface area contributed by atoms with E-state index in [9.17, 15) is 92.7 Å². The number of primary amides is 1. The van der Waals surface area contributed by atoms with Crippen molar-refractivity contribution in [1.29, 1.82) is 0 Å². The van der Waals surface area contributed by atoms with Gasteiger partial charge in [0, 0.05) is 59.3 Å². The van der Waals surface area contributed by atoms with Gasteiger partial charge in [-0.25, -0.2) is 4.79 Å². The van der Waals surface area contributed by atoms with Gasteiger partial charge in [0.25, 0.3) is 0 Å². The number of hydrogen-bond acceptors (Lipinski definition) is 26. The molecule has 2 unspecified atom stereocenters. The summed E-state index contributed by atoms with van der Waals surface area (Å²) in [5.74, 6) is -21.7. The number of thiol groups is 2. The van der Waals surface area contributed by atoms with Gasteiger partial charge in [0.05, 0.1) is 25.1 Å². The van der Waals surface area contributed by atoms with Crippen molar-refractivity contribution in [3.8, 4) is 11.5 Å². The molecule has 2 aromatic rings. The van der Waals surface area contributed by atoms with E-state index in [4.69, 9.17) is 11.5 Å². The Kier molecular flexibility index (Phi) is 31.8. The summed E-state index contributed by atoms with van der Waals surface area (Å²) in [5, 5.41) is 77.2. The molecular formula is C60H81N15O21S6. The predicted octanol–water partition coefficient (Wildman–Crippen LogP) is -6.33. The summed E-state index contributed by atoms with van der Waals surface area (Å²) in [4.78, 5) is 228. The SMILES string of the molecule is C[C@@H]1NC(=O)[C@@H]2CCCN2C(=O)[C@H](CC(N)=O)NC(=O)[C@@H]2CSSC[C@H](N)C(=O)N[C@@H]3C(=O)N[C@@H](CCC(=O)O)C(=O)N[C@@H](Cc4ccc(O)cc4)C(=O)N[C@@H](CSSC[C@@H](C(=O)N[C@@H](Cc4ccc(O)cc4)C(=O)O)NC(=O)CNC(=O)[C@H]([C@@H](C)O)NC(=O)[C@@H](NC1=O)C(S)CC3S)C(=O)N2. The summed E-state index contributed by atoms with van der Waals surface area (Å²) in [5.41, 5.74) is 12.6. The first-order valence-corrected chi connectivity index (χ1v) is 37.7. The number of rotatable bonds is 13. The van der Waals surface area contributed by atoms with Gasteiger partial charge in [-0.1, -0.05) is 67.4 Å². The number of carboxylic acids is 2. The molecule has 0 aromatic heterocycles. The van der Waals surface area contributed by atoms with E-state index in [2.05, 4.69) is 89.1 Å². The fraction of sp³-hybridized carbons (Fsp3) is 0.533. The minimum atomic E-state index is -2.03. The van der Waals surface area contributed by atoms with Crippen LogP contribution in [-0.4, -0.2) is 256 Å². The molecule has 4 saturated heterocycles. The molecule has 0 aliphatic carbocycles. The van der Waals surface area contributed by atoms with Crippen LogP contribution in [0.4, 0.5) is 0 Å². The summed E-state index contributed by atoms with van der Waals surface area (Å²) in [7, 11) is 3.10. The Balaban J connectivity index is 1.59. The average molecular weight is 1540 g/mol. The topological polar surface area (TPSA) is 574 Å². The molecule has 4 aliphatic heterocycles. The molecule has 42 heteroatoms. The van der Waals surface area contributed by atoms with Crippen molar-refractivity contribution >= 4 is 163 Å². The van der Waals surface area contributed by atoms with E-state index >= 15 is 9.59 Å². The molecule has 0 saturated carbocycles. The van der Waals surface area contributed by atoms with Crippen LogP contribution in [0.1, 0.15) is 63.5 Å². The van der Waals surface area contributed by atoms with Gasteiger partial charge in [0.1, 0.15) is 84.0 Å². The van der Waals surface area contributed by atoms with Crippen LogP contribution in [0, 0.1) is 0 Å². The number of nitrogens with two attached hydrogens (primary N) is 2. The zero-order valence-corrected chi connectivity index (χ0v) is 59.7. The van der Waals surface area contributed by atoms with Crippen molar-refractivity contribution in [3.63, 3.8) is 0 Å². The van der Waals surface area contributed by atoms with Gasteiger partial charge in [0.15, 0.2) is 0 Å². The molecule has 0 spiro atoms. The van der Waals surface area contributed by atoms with Crippen LogP contribution in [0.3, 0.4) is 0 Å². The second kappa shape index (κ2) is 39.3. The van der Waals surface area contributed by atoms with E-state index in [1.165, 1.54) is 48.5 Å². The molecule has 16 atom stereocenters. The Morgan fingerprint density at radius 2 is 1.15 bits per heavy atom. The zero-order valence-electron chi connectivity index (χ0n) is 54.7. The predicted molar refractivity (Wildman–Crippen MR) is 376 cm³/mol. The largest absolute Gasteiger partial charge is 0.508 e. The number of benzene rings is 2. The molecule has 102 heavy (non-hydrogen) atoms. The molecule has 4 bridgehead atoms. The fourth-order valence-corrected chi connectivity index (χ4v) is 16.2. The lowest BCUT2D eigenvalue weighted by molar-refractivity contribution is -0.143. The van der Waals surface area contributed by atoms with Gasteiger partial charge in [0.2, 0.25) is 82.7 Å². The number of phenols is 2. The van der Waals surface area contributed by atoms with Gasteiger partial charge < -0.3 is 106 Å². The number of aromatic hydroxyl groups is 2. The smallest absolute Gasteiger partial charge is 0.326 e. The van der Waals surface area contributed by atoms with Crippen molar-refractivity contribution < 1.29 is 102 Å². The van der Waals surface area contributed by atoms with Gasteiger partial charge in [-0.2, -0.15) is 25.3 Å². The first-order chi connectivity index (χ1) is 48.2. The lowest BCUT2D eigenvalue weighted by Gasteiger charge is -2.32. The Morgan fingerprint density at radius 3 is 1.74 bits per heavy atom. The summed E-state index contributed by atoms with van der Waals surface area (Å²) >= 11 is 9.35. The Labute approximate surface area is 609 Å². The van der Waals surface area contributed by atoms with Crippen molar-refractivity contribution in [1.82, 2.24) is 68.7 Å². The number of phenolic OH excluding ortho intramolecular Hbond substituents is 2. The highest BCUT2D eigenvalue weighted by Gasteiger charge is 2.44. The molecule has 14 amide bonds. The highest BCUT2D eigenvalue weighted by atomic mass is 33.1. The molecular weight excluding hydrogens is 1460 g/mol. The van der Waals surface area contributed by atoms with Crippen molar-refractivity contribution in [2.75, 3.05) is 36.1 Å². The van der Waals surface area contributed by atoms with Gasteiger partial charge in [-0.3, -0.25) is 71.9 Å². The number of aliphatic hydroxyl groups is 1. The number of carboxylic acid groups (broad SMARTS) is 2. The normalized spacial score (nSPS) is 28.5. The monoisotopic (exact) mass is 1540 g/mol. The highest BCUT2D eigenvalue weighted by Crippen LogP contribution is 2.28. The van der Waals surface area contributed by atoms with E-state index in [0.717, 1.165) is 61.9 Å². The second-order valence-electron chi connectivity index (χ2n) is 24.1. The standard InChI is InChI=1S/C60H81N15O21S6/c1-25-48(83)73-47-41(98)19-40(97)46-57(92)66-32(13-14-44(81)82)50(85)67-33(16-27-5-9-29(77)10-6-27)51(86)70-38(54(89)71-37(23-100-99-21-31(61)49(84)74-46)53(88)68-34(18-42(62)79)59(94)75-15-3-4-39(75)55(90)64-25)24-102-101-22-36(65-43(80)20-63-56(91)45(26(2)76)72-58(47)93)52(87)69-35(60(95)96)17-28-7-11-30(78)12-8-28/h5-12,25-26,31-41,45-47,76-78,97-98H,3-4,13-24,61H2,1-2H3,(H2,62,79)(H,63,91)(H,64,90)(H,65,80)(H,66,92)(H,67,85)(H,68,88)(H,69,87)(H,70,86)(H,71,89)(H,72,93)(H,73,83)(H,74,84)(H,81,82)(H,95,96)/t25-,26+,31-,32-,33-,34-,35-,36-,37-,38-,39-,40?,41?,45-,46-,47-/m0/s1. The van der Waals surface area contributed by atoms with E-state index in [1.54, 1.807) is 0 Å². The third kappa shape index (κ3) is 24.9. The van der Waals surface area contributed by atoms with E-state index in [-0.39, 0.29) is 48.6 Å². The van der Waals surface area contributed by atoms with Gasteiger partial charge >= 0.3 is 11.9 Å². The minimum absolute atomic E-state index is 0.0367.